The Morgan fingerprint density at radius 3 is 2.62 bits per heavy atom. The SMILES string of the molecule is COC(C)(C)C(=O)Nc1ccc(O)cc1N. The molecule has 1 aromatic carbocycles. The summed E-state index contributed by atoms with van der Waals surface area (Å²) >= 11 is 0. The Morgan fingerprint density at radius 1 is 1.50 bits per heavy atom. The summed E-state index contributed by atoms with van der Waals surface area (Å²) in [4.78, 5) is 11.7. The van der Waals surface area contributed by atoms with Crippen LogP contribution in [0.3, 0.4) is 0 Å². The van der Waals surface area contributed by atoms with Crippen molar-refractivity contribution in [2.75, 3.05) is 18.2 Å². The number of nitrogen functional groups attached to an aromatic ring is 1. The number of methoxy groups -OCH3 is 1. The molecule has 0 saturated heterocycles. The molecule has 0 fully saturated rings. The first-order valence-electron chi connectivity index (χ1n) is 4.82. The Balaban J connectivity index is 2.85. The summed E-state index contributed by atoms with van der Waals surface area (Å²) in [6, 6.07) is 4.36. The van der Waals surface area contributed by atoms with Crippen molar-refractivity contribution >= 4 is 17.3 Å². The predicted octanol–water partition coefficient (Wildman–Crippen LogP) is 1.34. The lowest BCUT2D eigenvalue weighted by Gasteiger charge is -2.22. The highest BCUT2D eigenvalue weighted by atomic mass is 16.5. The Hall–Kier alpha value is -1.75. The molecule has 1 rings (SSSR count). The molecule has 0 radical (unpaired) electrons. The van der Waals surface area contributed by atoms with Crippen molar-refractivity contribution in [1.29, 1.82) is 0 Å². The lowest BCUT2D eigenvalue weighted by atomic mass is 10.1. The molecule has 5 nitrogen and oxygen atoms in total. The lowest BCUT2D eigenvalue weighted by Crippen LogP contribution is -2.38. The van der Waals surface area contributed by atoms with Crippen LogP contribution in [0.2, 0.25) is 0 Å². The minimum absolute atomic E-state index is 0.0569. The number of phenolic OH excluding ortho intramolecular Hbond substituents is 1. The third-order valence-electron chi connectivity index (χ3n) is 2.34. The van der Waals surface area contributed by atoms with Crippen LogP contribution in [-0.2, 0) is 9.53 Å². The highest BCUT2D eigenvalue weighted by Gasteiger charge is 2.27. The van der Waals surface area contributed by atoms with E-state index in [2.05, 4.69) is 5.32 Å². The van der Waals surface area contributed by atoms with Crippen molar-refractivity contribution < 1.29 is 14.6 Å². The number of nitrogens with one attached hydrogen (secondary N) is 1. The molecule has 5 heteroatoms. The number of carbonyl (C=O) groups excluding carboxylic acids is 1. The molecule has 0 heterocycles. The summed E-state index contributed by atoms with van der Waals surface area (Å²) in [5.41, 5.74) is 5.47. The number of anilines is 2. The molecule has 0 saturated carbocycles. The van der Waals surface area contributed by atoms with E-state index < -0.39 is 5.60 Å². The molecule has 1 aromatic rings. The van der Waals surface area contributed by atoms with E-state index in [1.54, 1.807) is 13.8 Å². The topological polar surface area (TPSA) is 84.6 Å². The van der Waals surface area contributed by atoms with Crippen LogP contribution in [0.15, 0.2) is 18.2 Å². The number of carbonyl (C=O) groups is 1. The number of rotatable bonds is 3. The maximum atomic E-state index is 11.7. The van der Waals surface area contributed by atoms with Crippen LogP contribution in [0.25, 0.3) is 0 Å². The van der Waals surface area contributed by atoms with E-state index in [9.17, 15) is 4.79 Å². The van der Waals surface area contributed by atoms with Crippen LogP contribution in [-0.4, -0.2) is 23.7 Å². The third kappa shape index (κ3) is 2.64. The molecule has 0 unspecified atom stereocenters. The average Bonchev–Trinajstić information content (AvgIpc) is 2.22. The summed E-state index contributed by atoms with van der Waals surface area (Å²) in [6.07, 6.45) is 0. The zero-order valence-corrected chi connectivity index (χ0v) is 9.57. The molecule has 0 aromatic heterocycles. The molecule has 1 amide bonds. The molecular formula is C11H16N2O3. The zero-order valence-electron chi connectivity index (χ0n) is 9.57. The maximum absolute atomic E-state index is 11.7. The smallest absolute Gasteiger partial charge is 0.256 e. The van der Waals surface area contributed by atoms with E-state index in [-0.39, 0.29) is 11.7 Å². The van der Waals surface area contributed by atoms with Gasteiger partial charge in [-0.15, -0.1) is 0 Å². The van der Waals surface area contributed by atoms with Crippen LogP contribution in [0.1, 0.15) is 13.8 Å². The van der Waals surface area contributed by atoms with Crippen LogP contribution >= 0.6 is 0 Å². The van der Waals surface area contributed by atoms with E-state index >= 15 is 0 Å². The molecule has 0 atom stereocenters. The van der Waals surface area contributed by atoms with Crippen LogP contribution in [0.5, 0.6) is 5.75 Å². The van der Waals surface area contributed by atoms with Gasteiger partial charge in [0.2, 0.25) is 0 Å². The highest BCUT2D eigenvalue weighted by molar-refractivity contribution is 5.99. The quantitative estimate of drug-likeness (QED) is 0.534. The number of amides is 1. The van der Waals surface area contributed by atoms with Gasteiger partial charge in [0.15, 0.2) is 0 Å². The van der Waals surface area contributed by atoms with Gasteiger partial charge >= 0.3 is 0 Å². The van der Waals surface area contributed by atoms with Gasteiger partial charge in [0, 0.05) is 13.2 Å². The number of nitrogens with two attached hydrogens (primary N) is 1. The fraction of sp³-hybridized carbons (Fsp3) is 0.364. The van der Waals surface area contributed by atoms with Crippen molar-refractivity contribution in [2.45, 2.75) is 19.4 Å². The second kappa shape index (κ2) is 4.40. The van der Waals surface area contributed by atoms with Gasteiger partial charge in [-0.1, -0.05) is 0 Å². The van der Waals surface area contributed by atoms with Crippen molar-refractivity contribution in [3.8, 4) is 5.75 Å². The Labute approximate surface area is 94.2 Å². The summed E-state index contributed by atoms with van der Waals surface area (Å²) in [7, 11) is 1.46. The Morgan fingerprint density at radius 2 is 2.12 bits per heavy atom. The van der Waals surface area contributed by atoms with Crippen LogP contribution in [0, 0.1) is 0 Å². The monoisotopic (exact) mass is 224 g/mol. The molecule has 88 valence electrons. The normalized spacial score (nSPS) is 11.2. The standard InChI is InChI=1S/C11H16N2O3/c1-11(2,16-3)10(15)13-9-5-4-7(14)6-8(9)12/h4-6,14H,12H2,1-3H3,(H,13,15). The molecule has 0 aliphatic heterocycles. The minimum atomic E-state index is -0.926. The maximum Gasteiger partial charge on any atom is 0.256 e. The van der Waals surface area contributed by atoms with Gasteiger partial charge in [-0.2, -0.15) is 0 Å². The summed E-state index contributed by atoms with van der Waals surface area (Å²) < 4.78 is 5.03. The molecule has 16 heavy (non-hydrogen) atoms. The van der Waals surface area contributed by atoms with Gasteiger partial charge in [0.05, 0.1) is 11.4 Å². The first kappa shape index (κ1) is 12.3. The van der Waals surface area contributed by atoms with Gasteiger partial charge in [-0.3, -0.25) is 4.79 Å². The lowest BCUT2D eigenvalue weighted by molar-refractivity contribution is -0.133. The first-order valence-corrected chi connectivity index (χ1v) is 4.82. The third-order valence-corrected chi connectivity index (χ3v) is 2.34. The molecule has 0 spiro atoms. The highest BCUT2D eigenvalue weighted by Crippen LogP contribution is 2.24. The largest absolute Gasteiger partial charge is 0.508 e. The average molecular weight is 224 g/mol. The van der Waals surface area contributed by atoms with Crippen molar-refractivity contribution in [1.82, 2.24) is 0 Å². The van der Waals surface area contributed by atoms with E-state index in [4.69, 9.17) is 15.6 Å². The van der Waals surface area contributed by atoms with Gasteiger partial charge in [-0.05, 0) is 26.0 Å². The Bertz CT molecular complexity index is 402. The number of ether oxygens (including phenoxy) is 1. The minimum Gasteiger partial charge on any atom is -0.508 e. The van der Waals surface area contributed by atoms with Gasteiger partial charge in [0.1, 0.15) is 11.4 Å². The number of aromatic hydroxyl groups is 1. The van der Waals surface area contributed by atoms with Crippen molar-refractivity contribution in [3.05, 3.63) is 18.2 Å². The van der Waals surface area contributed by atoms with E-state index in [0.717, 1.165) is 0 Å². The summed E-state index contributed by atoms with van der Waals surface area (Å²) in [6.45, 7) is 3.30. The van der Waals surface area contributed by atoms with Gasteiger partial charge < -0.3 is 20.9 Å². The zero-order chi connectivity index (χ0) is 12.3. The Kier molecular flexibility index (Phi) is 3.39. The van der Waals surface area contributed by atoms with Crippen molar-refractivity contribution in [2.24, 2.45) is 0 Å². The fourth-order valence-electron chi connectivity index (χ4n) is 1.03. The van der Waals surface area contributed by atoms with Crippen LogP contribution in [0.4, 0.5) is 11.4 Å². The first-order chi connectivity index (χ1) is 7.36. The van der Waals surface area contributed by atoms with Gasteiger partial charge in [-0.25, -0.2) is 0 Å². The summed E-state index contributed by atoms with van der Waals surface area (Å²) in [5.74, 6) is -0.242. The van der Waals surface area contributed by atoms with E-state index in [1.165, 1.54) is 25.3 Å². The number of benzene rings is 1. The second-order valence-corrected chi connectivity index (χ2v) is 3.94. The molecular weight excluding hydrogens is 208 g/mol. The predicted molar refractivity (Wildman–Crippen MR) is 62.2 cm³/mol. The van der Waals surface area contributed by atoms with Gasteiger partial charge in [0.25, 0.3) is 5.91 Å². The molecule has 4 N–H and O–H groups in total. The number of hydrogen-bond acceptors (Lipinski definition) is 4. The van der Waals surface area contributed by atoms with E-state index in [1.807, 2.05) is 0 Å². The fourth-order valence-corrected chi connectivity index (χ4v) is 1.03. The van der Waals surface area contributed by atoms with E-state index in [0.29, 0.717) is 11.4 Å². The number of hydrogen-bond donors (Lipinski definition) is 3. The summed E-state index contributed by atoms with van der Waals surface area (Å²) in [5, 5.41) is 11.8. The molecule has 0 bridgehead atoms. The van der Waals surface area contributed by atoms with Crippen LogP contribution < -0.4 is 11.1 Å². The van der Waals surface area contributed by atoms with Crippen molar-refractivity contribution in [3.63, 3.8) is 0 Å². The molecule has 0 aliphatic carbocycles. The number of phenols is 1. The second-order valence-electron chi connectivity index (χ2n) is 3.94. The molecule has 0 aliphatic rings.